The molecule has 1 amide bonds. The van der Waals surface area contributed by atoms with E-state index < -0.39 is 0 Å². The van der Waals surface area contributed by atoms with Crippen molar-refractivity contribution >= 4 is 17.2 Å². The number of benzene rings is 1. The lowest BCUT2D eigenvalue weighted by molar-refractivity contribution is 0.0778. The molecule has 0 saturated carbocycles. The smallest absolute Gasteiger partial charge is 0.263 e. The molecule has 4 heteroatoms. The Bertz CT molecular complexity index is 724. The van der Waals surface area contributed by atoms with Crippen molar-refractivity contribution in [2.45, 2.75) is 32.4 Å². The molecule has 4 rings (SSSR count). The number of aryl methyl sites for hydroxylation is 1. The van der Waals surface area contributed by atoms with Crippen molar-refractivity contribution in [1.82, 2.24) is 9.80 Å². The molecular formula is C19H22N2OS. The third-order valence-corrected chi connectivity index (χ3v) is 6.10. The zero-order valence-electron chi connectivity index (χ0n) is 13.5. The van der Waals surface area contributed by atoms with E-state index in [0.717, 1.165) is 43.9 Å². The molecule has 1 saturated heterocycles. The van der Waals surface area contributed by atoms with Gasteiger partial charge in [-0.3, -0.25) is 9.69 Å². The Hall–Kier alpha value is -1.65. The van der Waals surface area contributed by atoms with E-state index in [-0.39, 0.29) is 5.91 Å². The number of amides is 1. The number of thiophene rings is 1. The van der Waals surface area contributed by atoms with Gasteiger partial charge in [-0.25, -0.2) is 0 Å². The van der Waals surface area contributed by atoms with E-state index in [0.29, 0.717) is 6.04 Å². The van der Waals surface area contributed by atoms with Crippen LogP contribution >= 0.6 is 11.3 Å². The van der Waals surface area contributed by atoms with Gasteiger partial charge in [-0.15, -0.1) is 11.3 Å². The number of hydrogen-bond acceptors (Lipinski definition) is 3. The molecule has 23 heavy (non-hydrogen) atoms. The molecule has 2 aliphatic heterocycles. The molecule has 1 unspecified atom stereocenters. The molecule has 1 aromatic carbocycles. The van der Waals surface area contributed by atoms with Crippen LogP contribution in [0.3, 0.4) is 0 Å². The third-order valence-electron chi connectivity index (χ3n) is 5.07. The third kappa shape index (κ3) is 2.93. The summed E-state index contributed by atoms with van der Waals surface area (Å²) in [5, 5.41) is 2.06. The van der Waals surface area contributed by atoms with Crippen LogP contribution in [-0.2, 0) is 13.0 Å². The first kappa shape index (κ1) is 14.9. The molecule has 1 atom stereocenters. The molecule has 2 aromatic rings. The summed E-state index contributed by atoms with van der Waals surface area (Å²) in [6.07, 6.45) is 2.23. The summed E-state index contributed by atoms with van der Waals surface area (Å²) in [7, 11) is 0. The van der Waals surface area contributed by atoms with Crippen molar-refractivity contribution in [2.75, 3.05) is 19.6 Å². The highest BCUT2D eigenvalue weighted by molar-refractivity contribution is 7.12. The Morgan fingerprint density at radius 2 is 2.04 bits per heavy atom. The largest absolute Gasteiger partial charge is 0.336 e. The standard InChI is InChI=1S/C19H22N2OS/c1-14-10-18(23-13-14)19(22)21-9-7-17(12-21)20-8-6-15-4-2-3-5-16(15)11-20/h2-5,10,13,17H,6-9,11-12H2,1H3. The van der Waals surface area contributed by atoms with Crippen LogP contribution in [0.25, 0.3) is 0 Å². The summed E-state index contributed by atoms with van der Waals surface area (Å²) in [5.74, 6) is 0.211. The first-order valence-electron chi connectivity index (χ1n) is 8.36. The maximum Gasteiger partial charge on any atom is 0.263 e. The summed E-state index contributed by atoms with van der Waals surface area (Å²) in [6.45, 7) is 5.95. The molecule has 0 radical (unpaired) electrons. The quantitative estimate of drug-likeness (QED) is 0.845. The van der Waals surface area contributed by atoms with Crippen LogP contribution < -0.4 is 0 Å². The maximum absolute atomic E-state index is 12.6. The Balaban J connectivity index is 1.42. The van der Waals surface area contributed by atoms with Crippen LogP contribution in [0, 0.1) is 6.92 Å². The Kier molecular flexibility index (Phi) is 3.95. The lowest BCUT2D eigenvalue weighted by atomic mass is 9.98. The van der Waals surface area contributed by atoms with E-state index in [1.807, 2.05) is 17.9 Å². The predicted molar refractivity (Wildman–Crippen MR) is 93.9 cm³/mol. The van der Waals surface area contributed by atoms with Gasteiger partial charge in [0.05, 0.1) is 4.88 Å². The average Bonchev–Trinajstić information content (AvgIpc) is 3.23. The zero-order valence-corrected chi connectivity index (χ0v) is 14.3. The normalized spacial score (nSPS) is 21.4. The van der Waals surface area contributed by atoms with E-state index >= 15 is 0 Å². The first-order chi connectivity index (χ1) is 11.2. The zero-order chi connectivity index (χ0) is 15.8. The number of hydrogen-bond donors (Lipinski definition) is 0. The minimum Gasteiger partial charge on any atom is -0.336 e. The van der Waals surface area contributed by atoms with Gasteiger partial charge in [0, 0.05) is 32.2 Å². The summed E-state index contributed by atoms with van der Waals surface area (Å²) in [5.41, 5.74) is 4.13. The van der Waals surface area contributed by atoms with Gasteiger partial charge in [0.1, 0.15) is 0 Å². The predicted octanol–water partition coefficient (Wildman–Crippen LogP) is 3.33. The van der Waals surface area contributed by atoms with Gasteiger partial charge in [-0.05, 0) is 47.9 Å². The van der Waals surface area contributed by atoms with E-state index in [4.69, 9.17) is 0 Å². The van der Waals surface area contributed by atoms with E-state index in [2.05, 4.69) is 34.5 Å². The minimum absolute atomic E-state index is 0.211. The molecule has 0 N–H and O–H groups in total. The molecule has 0 bridgehead atoms. The highest BCUT2D eigenvalue weighted by atomic mass is 32.1. The van der Waals surface area contributed by atoms with Gasteiger partial charge in [-0.2, -0.15) is 0 Å². The fraction of sp³-hybridized carbons (Fsp3) is 0.421. The van der Waals surface area contributed by atoms with Crippen molar-refractivity contribution in [2.24, 2.45) is 0 Å². The molecule has 3 nitrogen and oxygen atoms in total. The van der Waals surface area contributed by atoms with Crippen LogP contribution in [0.5, 0.6) is 0 Å². The summed E-state index contributed by atoms with van der Waals surface area (Å²) in [4.78, 5) is 18.1. The van der Waals surface area contributed by atoms with Crippen LogP contribution in [0.1, 0.15) is 32.8 Å². The van der Waals surface area contributed by atoms with Crippen molar-refractivity contribution < 1.29 is 4.79 Å². The van der Waals surface area contributed by atoms with Gasteiger partial charge in [0.15, 0.2) is 0 Å². The Morgan fingerprint density at radius 1 is 1.22 bits per heavy atom. The van der Waals surface area contributed by atoms with Gasteiger partial charge in [0.25, 0.3) is 5.91 Å². The SMILES string of the molecule is Cc1csc(C(=O)N2CCC(N3CCc4ccccc4C3)C2)c1. The molecule has 2 aliphatic rings. The highest BCUT2D eigenvalue weighted by Crippen LogP contribution is 2.26. The fourth-order valence-electron chi connectivity index (χ4n) is 3.75. The van der Waals surface area contributed by atoms with Crippen molar-refractivity contribution in [3.63, 3.8) is 0 Å². The van der Waals surface area contributed by atoms with Gasteiger partial charge in [-0.1, -0.05) is 24.3 Å². The average molecular weight is 326 g/mol. The van der Waals surface area contributed by atoms with Crippen molar-refractivity contribution in [3.8, 4) is 0 Å². The second-order valence-corrected chi connectivity index (χ2v) is 7.58. The molecular weight excluding hydrogens is 304 g/mol. The number of carbonyl (C=O) groups is 1. The molecule has 0 spiro atoms. The van der Waals surface area contributed by atoms with Crippen molar-refractivity contribution in [3.05, 3.63) is 57.3 Å². The first-order valence-corrected chi connectivity index (χ1v) is 9.24. The molecule has 0 aliphatic carbocycles. The molecule has 3 heterocycles. The van der Waals surface area contributed by atoms with E-state index in [1.54, 1.807) is 11.3 Å². The van der Waals surface area contributed by atoms with Crippen LogP contribution in [-0.4, -0.2) is 41.4 Å². The molecule has 1 fully saturated rings. The number of rotatable bonds is 2. The van der Waals surface area contributed by atoms with Crippen LogP contribution in [0.15, 0.2) is 35.7 Å². The lowest BCUT2D eigenvalue weighted by Crippen LogP contribution is -2.41. The van der Waals surface area contributed by atoms with Crippen molar-refractivity contribution in [1.29, 1.82) is 0 Å². The number of fused-ring (bicyclic) bond motifs is 1. The second kappa shape index (κ2) is 6.10. The second-order valence-electron chi connectivity index (χ2n) is 6.67. The van der Waals surface area contributed by atoms with E-state index in [9.17, 15) is 4.79 Å². The van der Waals surface area contributed by atoms with Crippen LogP contribution in [0.4, 0.5) is 0 Å². The maximum atomic E-state index is 12.6. The summed E-state index contributed by atoms with van der Waals surface area (Å²) >= 11 is 1.57. The van der Waals surface area contributed by atoms with Gasteiger partial charge in [0.2, 0.25) is 0 Å². The topological polar surface area (TPSA) is 23.6 Å². The summed E-state index contributed by atoms with van der Waals surface area (Å²) < 4.78 is 0. The van der Waals surface area contributed by atoms with Crippen LogP contribution in [0.2, 0.25) is 0 Å². The lowest BCUT2D eigenvalue weighted by Gasteiger charge is -2.33. The fourth-order valence-corrected chi connectivity index (χ4v) is 4.62. The minimum atomic E-state index is 0.211. The number of carbonyl (C=O) groups excluding carboxylic acids is 1. The Labute approximate surface area is 141 Å². The number of nitrogens with zero attached hydrogens (tertiary/aromatic N) is 2. The Morgan fingerprint density at radius 3 is 2.83 bits per heavy atom. The monoisotopic (exact) mass is 326 g/mol. The molecule has 120 valence electrons. The van der Waals surface area contributed by atoms with Gasteiger partial charge < -0.3 is 4.90 Å². The molecule has 1 aromatic heterocycles. The van der Waals surface area contributed by atoms with E-state index in [1.165, 1.54) is 16.7 Å². The van der Waals surface area contributed by atoms with Gasteiger partial charge >= 0.3 is 0 Å². The number of likely N-dealkylation sites (tertiary alicyclic amines) is 1. The summed E-state index contributed by atoms with van der Waals surface area (Å²) in [6, 6.07) is 11.3. The highest BCUT2D eigenvalue weighted by Gasteiger charge is 2.32.